The molecule has 2 N–H and O–H groups in total. The first-order valence-electron chi connectivity index (χ1n) is 13.2. The molecule has 6 heteroatoms. The fraction of sp³-hybridized carbons (Fsp3) is 0.679. The molecule has 1 aliphatic carbocycles. The van der Waals surface area contributed by atoms with Crippen LogP contribution in [0, 0.1) is 11.8 Å². The molecule has 1 aromatic rings. The summed E-state index contributed by atoms with van der Waals surface area (Å²) in [5.74, 6) is 0.442. The van der Waals surface area contributed by atoms with Gasteiger partial charge >= 0.3 is 0 Å². The highest BCUT2D eigenvalue weighted by Crippen LogP contribution is 2.29. The van der Waals surface area contributed by atoms with Crippen molar-refractivity contribution in [2.24, 2.45) is 11.8 Å². The average molecular weight is 470 g/mol. The van der Waals surface area contributed by atoms with E-state index >= 15 is 0 Å². The largest absolute Gasteiger partial charge is 0.342 e. The second-order valence-corrected chi connectivity index (χ2v) is 10.7. The van der Waals surface area contributed by atoms with Gasteiger partial charge in [0.15, 0.2) is 5.78 Å². The van der Waals surface area contributed by atoms with E-state index in [0.29, 0.717) is 18.7 Å². The van der Waals surface area contributed by atoms with Crippen molar-refractivity contribution in [3.8, 4) is 0 Å². The van der Waals surface area contributed by atoms with Crippen molar-refractivity contribution in [3.05, 3.63) is 35.4 Å². The molecule has 2 atom stereocenters. The summed E-state index contributed by atoms with van der Waals surface area (Å²) in [7, 11) is 0. The van der Waals surface area contributed by atoms with Gasteiger partial charge in [-0.25, -0.2) is 0 Å². The third kappa shape index (κ3) is 7.14. The smallest absolute Gasteiger partial charge is 0.251 e. The maximum atomic E-state index is 13.2. The minimum Gasteiger partial charge on any atom is -0.342 e. The maximum Gasteiger partial charge on any atom is 0.251 e. The van der Waals surface area contributed by atoms with Gasteiger partial charge in [0, 0.05) is 36.5 Å². The van der Waals surface area contributed by atoms with E-state index in [1.54, 1.807) is 0 Å². The standard InChI is InChI=1S/C28H43N3O3/c1-19(2)27(33)26(21-10-6-5-7-11-21)30-28(34)23-13-8-12-22(16-23)24-14-9-15-31(18-24)25(32)17-29-20(3)4/h8,12-13,16,19-21,24,26,29H,5-7,9-11,14-15,17-18H2,1-4H3,(H,30,34)/t24?,26-/m1/s1. The molecular weight excluding hydrogens is 426 g/mol. The number of rotatable bonds is 9. The van der Waals surface area contributed by atoms with Crippen molar-refractivity contribution in [2.75, 3.05) is 19.6 Å². The molecule has 2 aliphatic rings. The molecule has 1 aliphatic heterocycles. The molecule has 0 bridgehead atoms. The second kappa shape index (κ2) is 12.5. The Hall–Kier alpha value is -2.21. The summed E-state index contributed by atoms with van der Waals surface area (Å²) in [5.41, 5.74) is 1.69. The van der Waals surface area contributed by atoms with Gasteiger partial charge in [-0.3, -0.25) is 14.4 Å². The number of carbonyl (C=O) groups excluding carboxylic acids is 3. The number of Topliss-reactive ketones (excluding diaryl/α,β-unsaturated/α-hetero) is 1. The summed E-state index contributed by atoms with van der Waals surface area (Å²) in [6.07, 6.45) is 7.43. The van der Waals surface area contributed by atoms with Crippen molar-refractivity contribution in [1.29, 1.82) is 0 Å². The van der Waals surface area contributed by atoms with E-state index in [0.717, 1.165) is 50.6 Å². The maximum absolute atomic E-state index is 13.2. The number of hydrogen-bond donors (Lipinski definition) is 2. The minimum atomic E-state index is -0.410. The molecule has 1 unspecified atom stereocenters. The van der Waals surface area contributed by atoms with Crippen LogP contribution in [0.1, 0.15) is 94.5 Å². The van der Waals surface area contributed by atoms with E-state index in [2.05, 4.69) is 16.7 Å². The third-order valence-electron chi connectivity index (χ3n) is 7.34. The van der Waals surface area contributed by atoms with Crippen molar-refractivity contribution in [3.63, 3.8) is 0 Å². The van der Waals surface area contributed by atoms with Gasteiger partial charge in [-0.1, -0.05) is 59.1 Å². The van der Waals surface area contributed by atoms with Crippen molar-refractivity contribution >= 4 is 17.6 Å². The van der Waals surface area contributed by atoms with Crippen molar-refractivity contribution in [1.82, 2.24) is 15.5 Å². The SMILES string of the molecule is CC(C)NCC(=O)N1CCCC(c2cccc(C(=O)N[C@@H](C(=O)C(C)C)C3CCCCC3)c2)C1. The Bertz CT molecular complexity index is 845. The van der Waals surface area contributed by atoms with Crippen LogP contribution < -0.4 is 10.6 Å². The zero-order chi connectivity index (χ0) is 24.7. The molecule has 0 radical (unpaired) electrons. The first-order chi connectivity index (χ1) is 16.3. The Morgan fingerprint density at radius 2 is 1.74 bits per heavy atom. The summed E-state index contributed by atoms with van der Waals surface area (Å²) in [6, 6.07) is 7.63. The molecule has 1 aromatic carbocycles. The predicted molar refractivity (Wildman–Crippen MR) is 136 cm³/mol. The molecule has 0 aromatic heterocycles. The summed E-state index contributed by atoms with van der Waals surface area (Å²) >= 11 is 0. The molecule has 1 heterocycles. The highest BCUT2D eigenvalue weighted by molar-refractivity contribution is 5.98. The van der Waals surface area contributed by atoms with E-state index in [-0.39, 0.29) is 41.4 Å². The van der Waals surface area contributed by atoms with Crippen LogP contribution in [0.4, 0.5) is 0 Å². The number of amides is 2. The molecular formula is C28H43N3O3. The highest BCUT2D eigenvalue weighted by Gasteiger charge is 2.32. The van der Waals surface area contributed by atoms with Gasteiger partial charge in [-0.05, 0) is 49.3 Å². The molecule has 188 valence electrons. The molecule has 1 saturated carbocycles. The Kier molecular flexibility index (Phi) is 9.69. The third-order valence-corrected chi connectivity index (χ3v) is 7.34. The van der Waals surface area contributed by atoms with Crippen LogP contribution in [-0.4, -0.2) is 54.2 Å². The zero-order valence-corrected chi connectivity index (χ0v) is 21.4. The molecule has 2 amide bonds. The molecule has 34 heavy (non-hydrogen) atoms. The van der Waals surface area contributed by atoms with Crippen LogP contribution in [-0.2, 0) is 9.59 Å². The van der Waals surface area contributed by atoms with Crippen LogP contribution >= 0.6 is 0 Å². The Labute approximate surface area is 205 Å². The first-order valence-corrected chi connectivity index (χ1v) is 13.2. The van der Waals surface area contributed by atoms with Gasteiger partial charge in [-0.15, -0.1) is 0 Å². The van der Waals surface area contributed by atoms with E-state index in [1.807, 2.05) is 50.8 Å². The van der Waals surface area contributed by atoms with Crippen LogP contribution in [0.15, 0.2) is 24.3 Å². The summed E-state index contributed by atoms with van der Waals surface area (Å²) in [4.78, 5) is 40.8. The normalized spacial score (nSPS) is 20.4. The number of piperidine rings is 1. The van der Waals surface area contributed by atoms with E-state index in [1.165, 1.54) is 6.42 Å². The van der Waals surface area contributed by atoms with Gasteiger partial charge in [0.25, 0.3) is 5.91 Å². The van der Waals surface area contributed by atoms with Gasteiger partial charge in [0.2, 0.25) is 5.91 Å². The number of carbonyl (C=O) groups is 3. The number of nitrogens with one attached hydrogen (secondary N) is 2. The molecule has 6 nitrogen and oxygen atoms in total. The topological polar surface area (TPSA) is 78.5 Å². The monoisotopic (exact) mass is 469 g/mol. The average Bonchev–Trinajstić information content (AvgIpc) is 2.85. The molecule has 3 rings (SSSR count). The van der Waals surface area contributed by atoms with E-state index in [9.17, 15) is 14.4 Å². The van der Waals surface area contributed by atoms with Gasteiger partial charge in [0.1, 0.15) is 0 Å². The van der Waals surface area contributed by atoms with Crippen LogP contribution in [0.2, 0.25) is 0 Å². The van der Waals surface area contributed by atoms with E-state index < -0.39 is 6.04 Å². The van der Waals surface area contributed by atoms with Crippen LogP contribution in [0.5, 0.6) is 0 Å². The quantitative estimate of drug-likeness (QED) is 0.565. The summed E-state index contributed by atoms with van der Waals surface area (Å²) in [6.45, 7) is 9.73. The van der Waals surface area contributed by atoms with Crippen LogP contribution in [0.25, 0.3) is 0 Å². The minimum absolute atomic E-state index is 0.102. The van der Waals surface area contributed by atoms with Gasteiger partial charge < -0.3 is 15.5 Å². The fourth-order valence-electron chi connectivity index (χ4n) is 5.29. The second-order valence-electron chi connectivity index (χ2n) is 10.7. The lowest BCUT2D eigenvalue weighted by molar-refractivity contribution is -0.131. The van der Waals surface area contributed by atoms with Crippen molar-refractivity contribution in [2.45, 2.75) is 90.6 Å². The Balaban J connectivity index is 1.69. The van der Waals surface area contributed by atoms with Gasteiger partial charge in [0.05, 0.1) is 12.6 Å². The first kappa shape index (κ1) is 26.4. The Morgan fingerprint density at radius 1 is 1.00 bits per heavy atom. The lowest BCUT2D eigenvalue weighted by Gasteiger charge is -2.33. The summed E-state index contributed by atoms with van der Waals surface area (Å²) in [5, 5.41) is 6.32. The van der Waals surface area contributed by atoms with Crippen molar-refractivity contribution < 1.29 is 14.4 Å². The molecule has 2 fully saturated rings. The fourth-order valence-corrected chi connectivity index (χ4v) is 5.29. The highest BCUT2D eigenvalue weighted by atomic mass is 16.2. The predicted octanol–water partition coefficient (Wildman–Crippen LogP) is 4.29. The Morgan fingerprint density at radius 3 is 2.41 bits per heavy atom. The zero-order valence-electron chi connectivity index (χ0n) is 21.4. The number of hydrogen-bond acceptors (Lipinski definition) is 4. The van der Waals surface area contributed by atoms with E-state index in [4.69, 9.17) is 0 Å². The number of ketones is 1. The number of likely N-dealkylation sites (tertiary alicyclic amines) is 1. The number of nitrogens with zero attached hydrogens (tertiary/aromatic N) is 1. The number of benzene rings is 1. The van der Waals surface area contributed by atoms with Crippen LogP contribution in [0.3, 0.4) is 0 Å². The lowest BCUT2D eigenvalue weighted by atomic mass is 9.80. The lowest BCUT2D eigenvalue weighted by Crippen LogP contribution is -2.48. The summed E-state index contributed by atoms with van der Waals surface area (Å²) < 4.78 is 0. The molecule has 1 saturated heterocycles. The molecule has 0 spiro atoms. The van der Waals surface area contributed by atoms with Gasteiger partial charge in [-0.2, -0.15) is 0 Å².